The molecular formula is C27H22O6. The fourth-order valence-corrected chi connectivity index (χ4v) is 3.30. The molecule has 0 saturated heterocycles. The van der Waals surface area contributed by atoms with Crippen molar-refractivity contribution in [3.05, 3.63) is 95.3 Å². The predicted molar refractivity (Wildman–Crippen MR) is 125 cm³/mol. The molecule has 3 aromatic rings. The summed E-state index contributed by atoms with van der Waals surface area (Å²) < 4.78 is 22.0. The highest BCUT2D eigenvalue weighted by Gasteiger charge is 2.27. The molecule has 0 N–H and O–H groups in total. The maximum Gasteiger partial charge on any atom is 0.336 e. The van der Waals surface area contributed by atoms with Crippen LogP contribution in [0.2, 0.25) is 0 Å². The van der Waals surface area contributed by atoms with E-state index in [-0.39, 0.29) is 17.3 Å². The molecule has 6 nitrogen and oxygen atoms in total. The van der Waals surface area contributed by atoms with Crippen molar-refractivity contribution >= 4 is 23.9 Å². The lowest BCUT2D eigenvalue weighted by Gasteiger charge is -2.09. The van der Waals surface area contributed by atoms with Crippen LogP contribution in [0.4, 0.5) is 0 Å². The van der Waals surface area contributed by atoms with E-state index in [2.05, 4.69) is 0 Å². The van der Waals surface area contributed by atoms with Crippen molar-refractivity contribution in [2.24, 2.45) is 0 Å². The second-order valence-electron chi connectivity index (χ2n) is 7.11. The first-order valence-electron chi connectivity index (χ1n) is 10.4. The number of Topliss-reactive ketones (excluding diaryl/α,β-unsaturated/α-hetero) is 1. The Bertz CT molecular complexity index is 1240. The molecule has 0 aromatic heterocycles. The highest BCUT2D eigenvalue weighted by molar-refractivity contribution is 6.14. The minimum atomic E-state index is -0.530. The summed E-state index contributed by atoms with van der Waals surface area (Å²) in [6.45, 7) is 2.41. The number of hydrogen-bond acceptors (Lipinski definition) is 6. The molecule has 0 amide bonds. The molecule has 0 unspecified atom stereocenters. The molecule has 33 heavy (non-hydrogen) atoms. The summed E-state index contributed by atoms with van der Waals surface area (Å²) in [5.41, 5.74) is 2.03. The Morgan fingerprint density at radius 2 is 1.79 bits per heavy atom. The van der Waals surface area contributed by atoms with Crippen LogP contribution in [0.1, 0.15) is 28.4 Å². The van der Waals surface area contributed by atoms with Gasteiger partial charge in [0.25, 0.3) is 0 Å². The largest absolute Gasteiger partial charge is 0.494 e. The summed E-state index contributed by atoms with van der Waals surface area (Å²) >= 11 is 0. The second-order valence-corrected chi connectivity index (χ2v) is 7.11. The summed E-state index contributed by atoms with van der Waals surface area (Å²) in [6.07, 6.45) is 4.64. The van der Waals surface area contributed by atoms with Gasteiger partial charge in [-0.2, -0.15) is 0 Å². The van der Waals surface area contributed by atoms with Crippen molar-refractivity contribution in [3.8, 4) is 23.0 Å². The van der Waals surface area contributed by atoms with Crippen molar-refractivity contribution in [2.45, 2.75) is 6.92 Å². The van der Waals surface area contributed by atoms with E-state index >= 15 is 0 Å². The van der Waals surface area contributed by atoms with Gasteiger partial charge in [-0.05, 0) is 54.5 Å². The molecule has 4 rings (SSSR count). The van der Waals surface area contributed by atoms with Crippen LogP contribution in [0.5, 0.6) is 23.0 Å². The van der Waals surface area contributed by atoms with Gasteiger partial charge >= 0.3 is 5.97 Å². The standard InChI is InChI=1S/C27H22O6/c1-3-31-20-11-12-21-23(17-20)32-25(27(21)29)16-19-9-13-22(24(15-19)30-2)33-26(28)14-10-18-7-5-4-6-8-18/h4-17H,3H2,1-2H3/b14-10+,25-16-. The fourth-order valence-electron chi connectivity index (χ4n) is 3.30. The quantitative estimate of drug-likeness (QED) is 0.280. The van der Waals surface area contributed by atoms with E-state index in [1.54, 1.807) is 48.6 Å². The highest BCUT2D eigenvalue weighted by Crippen LogP contribution is 2.36. The van der Waals surface area contributed by atoms with Gasteiger partial charge in [0.1, 0.15) is 11.5 Å². The highest BCUT2D eigenvalue weighted by atomic mass is 16.6. The molecule has 1 aliphatic heterocycles. The Labute approximate surface area is 191 Å². The topological polar surface area (TPSA) is 71.1 Å². The predicted octanol–water partition coefficient (Wildman–Crippen LogP) is 5.33. The van der Waals surface area contributed by atoms with Crippen LogP contribution in [0.15, 0.2) is 78.6 Å². The first-order chi connectivity index (χ1) is 16.1. The van der Waals surface area contributed by atoms with E-state index in [9.17, 15) is 9.59 Å². The average Bonchev–Trinajstić information content (AvgIpc) is 3.14. The lowest BCUT2D eigenvalue weighted by molar-refractivity contribution is -0.129. The van der Waals surface area contributed by atoms with Crippen molar-refractivity contribution in [1.29, 1.82) is 0 Å². The lowest BCUT2D eigenvalue weighted by atomic mass is 10.1. The second kappa shape index (κ2) is 9.87. The molecule has 0 aliphatic carbocycles. The van der Waals surface area contributed by atoms with E-state index in [0.29, 0.717) is 35.0 Å². The molecule has 0 spiro atoms. The molecule has 0 saturated carbocycles. The van der Waals surface area contributed by atoms with E-state index in [4.69, 9.17) is 18.9 Å². The molecule has 1 heterocycles. The summed E-state index contributed by atoms with van der Waals surface area (Å²) in [5, 5.41) is 0. The summed E-state index contributed by atoms with van der Waals surface area (Å²) in [4.78, 5) is 24.9. The maximum atomic E-state index is 12.7. The van der Waals surface area contributed by atoms with Gasteiger partial charge < -0.3 is 18.9 Å². The van der Waals surface area contributed by atoms with Crippen LogP contribution in [0, 0.1) is 0 Å². The van der Waals surface area contributed by atoms with E-state index in [1.165, 1.54) is 13.2 Å². The monoisotopic (exact) mass is 442 g/mol. The molecule has 166 valence electrons. The number of rotatable bonds is 7. The fraction of sp³-hybridized carbons (Fsp3) is 0.111. The van der Waals surface area contributed by atoms with E-state index in [0.717, 1.165) is 5.56 Å². The number of esters is 1. The van der Waals surface area contributed by atoms with Gasteiger partial charge in [0, 0.05) is 12.1 Å². The van der Waals surface area contributed by atoms with Gasteiger partial charge in [0.2, 0.25) is 5.78 Å². The van der Waals surface area contributed by atoms with Crippen LogP contribution in [-0.2, 0) is 4.79 Å². The van der Waals surface area contributed by atoms with Crippen LogP contribution < -0.4 is 18.9 Å². The van der Waals surface area contributed by atoms with Crippen LogP contribution >= 0.6 is 0 Å². The average molecular weight is 442 g/mol. The summed E-state index contributed by atoms with van der Waals surface area (Å²) in [6, 6.07) is 19.6. The molecule has 0 atom stereocenters. The van der Waals surface area contributed by atoms with Gasteiger partial charge in [-0.25, -0.2) is 4.79 Å². The maximum absolute atomic E-state index is 12.7. The molecule has 0 radical (unpaired) electrons. The van der Waals surface area contributed by atoms with E-state index in [1.807, 2.05) is 37.3 Å². The van der Waals surface area contributed by atoms with Gasteiger partial charge in [0.15, 0.2) is 17.3 Å². The number of fused-ring (bicyclic) bond motifs is 1. The van der Waals surface area contributed by atoms with Gasteiger partial charge in [-0.1, -0.05) is 36.4 Å². The number of benzene rings is 3. The minimum Gasteiger partial charge on any atom is -0.494 e. The third-order valence-corrected chi connectivity index (χ3v) is 4.86. The molecular weight excluding hydrogens is 420 g/mol. The molecule has 3 aromatic carbocycles. The van der Waals surface area contributed by atoms with Crippen molar-refractivity contribution in [1.82, 2.24) is 0 Å². The van der Waals surface area contributed by atoms with Crippen LogP contribution in [-0.4, -0.2) is 25.5 Å². The Balaban J connectivity index is 1.50. The van der Waals surface area contributed by atoms with Gasteiger partial charge in [-0.15, -0.1) is 0 Å². The first kappa shape index (κ1) is 21.9. The minimum absolute atomic E-state index is 0.191. The van der Waals surface area contributed by atoms with Crippen molar-refractivity contribution in [2.75, 3.05) is 13.7 Å². The van der Waals surface area contributed by atoms with Gasteiger partial charge in [0.05, 0.1) is 19.3 Å². The van der Waals surface area contributed by atoms with Crippen LogP contribution in [0.25, 0.3) is 12.2 Å². The smallest absolute Gasteiger partial charge is 0.336 e. The molecule has 0 fully saturated rings. The number of methoxy groups -OCH3 is 1. The SMILES string of the molecule is CCOc1ccc2c(c1)O/C(=C\c1ccc(OC(=O)/C=C/c3ccccc3)c(OC)c1)C2=O. The van der Waals surface area contributed by atoms with Crippen molar-refractivity contribution in [3.63, 3.8) is 0 Å². The Hall–Kier alpha value is -4.32. The Morgan fingerprint density at radius 1 is 0.970 bits per heavy atom. The zero-order valence-electron chi connectivity index (χ0n) is 18.2. The third kappa shape index (κ3) is 5.13. The normalized spacial score (nSPS) is 13.6. The zero-order chi connectivity index (χ0) is 23.2. The first-order valence-corrected chi connectivity index (χ1v) is 10.4. The number of allylic oxidation sites excluding steroid dienone is 1. The van der Waals surface area contributed by atoms with Crippen LogP contribution in [0.3, 0.4) is 0 Å². The summed E-state index contributed by atoms with van der Waals surface area (Å²) in [7, 11) is 1.48. The van der Waals surface area contributed by atoms with Crippen molar-refractivity contribution < 1.29 is 28.5 Å². The number of hydrogen-bond donors (Lipinski definition) is 0. The number of carbonyl (C=O) groups is 2. The van der Waals surface area contributed by atoms with Gasteiger partial charge in [-0.3, -0.25) is 4.79 Å². The third-order valence-electron chi connectivity index (χ3n) is 4.86. The number of carbonyl (C=O) groups excluding carboxylic acids is 2. The lowest BCUT2D eigenvalue weighted by Crippen LogP contribution is -2.05. The number of ketones is 1. The summed E-state index contributed by atoms with van der Waals surface area (Å²) in [5.74, 6) is 1.17. The molecule has 0 bridgehead atoms. The molecule has 1 aliphatic rings. The number of ether oxygens (including phenoxy) is 4. The zero-order valence-corrected chi connectivity index (χ0v) is 18.2. The Morgan fingerprint density at radius 3 is 2.55 bits per heavy atom. The molecule has 6 heteroatoms. The Kier molecular flexibility index (Phi) is 6.55. The van der Waals surface area contributed by atoms with E-state index < -0.39 is 5.97 Å².